The summed E-state index contributed by atoms with van der Waals surface area (Å²) in [6.45, 7) is 6.26. The van der Waals surface area contributed by atoms with Gasteiger partial charge in [0.25, 0.3) is 0 Å². The molecule has 1 rings (SSSR count). The third kappa shape index (κ3) is 5.22. The molecule has 5 heteroatoms. The van der Waals surface area contributed by atoms with Crippen LogP contribution in [0.25, 0.3) is 0 Å². The average molecular weight is 340 g/mol. The highest BCUT2D eigenvalue weighted by Gasteiger charge is 2.19. The van der Waals surface area contributed by atoms with E-state index in [9.17, 15) is 4.39 Å². The first-order chi connectivity index (χ1) is 7.85. The van der Waals surface area contributed by atoms with Gasteiger partial charge in [0.05, 0.1) is 0 Å². The van der Waals surface area contributed by atoms with Gasteiger partial charge in [-0.25, -0.2) is 4.39 Å². The Kier molecular flexibility index (Phi) is 7.37. The molecule has 0 saturated heterocycles. The molecule has 104 valence electrons. The van der Waals surface area contributed by atoms with E-state index in [0.29, 0.717) is 18.7 Å². The van der Waals surface area contributed by atoms with Crippen LogP contribution in [0.1, 0.15) is 19.4 Å². The highest BCUT2D eigenvalue weighted by Crippen LogP contribution is 2.22. The molecule has 1 aromatic carbocycles. The van der Waals surface area contributed by atoms with Crippen molar-refractivity contribution in [2.45, 2.75) is 20.4 Å². The van der Waals surface area contributed by atoms with Crippen LogP contribution in [0.3, 0.4) is 0 Å². The summed E-state index contributed by atoms with van der Waals surface area (Å²) in [7, 11) is 1.98. The predicted molar refractivity (Wildman–Crippen MR) is 80.5 cm³/mol. The lowest BCUT2D eigenvalue weighted by Gasteiger charge is -2.29. The Bertz CT molecular complexity index is 365. The maximum atomic E-state index is 13.6. The van der Waals surface area contributed by atoms with Crippen LogP contribution < -0.4 is 5.73 Å². The highest BCUT2D eigenvalue weighted by atomic mass is 79.9. The summed E-state index contributed by atoms with van der Waals surface area (Å²) in [4.78, 5) is 2.09. The van der Waals surface area contributed by atoms with Gasteiger partial charge in [0.15, 0.2) is 0 Å². The van der Waals surface area contributed by atoms with Crippen LogP contribution in [0.5, 0.6) is 0 Å². The lowest BCUT2D eigenvalue weighted by Crippen LogP contribution is -2.36. The van der Waals surface area contributed by atoms with Crippen LogP contribution >= 0.6 is 28.3 Å². The number of nitrogens with zero attached hydrogens (tertiary/aromatic N) is 1. The number of hydrogen-bond acceptors (Lipinski definition) is 2. The van der Waals surface area contributed by atoms with Crippen LogP contribution in [0, 0.1) is 11.2 Å². The first-order valence-electron chi connectivity index (χ1n) is 5.67. The van der Waals surface area contributed by atoms with Gasteiger partial charge in [-0.2, -0.15) is 0 Å². The Morgan fingerprint density at radius 2 is 2.00 bits per heavy atom. The molecule has 0 aliphatic heterocycles. The Morgan fingerprint density at radius 1 is 1.39 bits per heavy atom. The van der Waals surface area contributed by atoms with E-state index < -0.39 is 0 Å². The Hall–Kier alpha value is -0.160. The minimum absolute atomic E-state index is 0. The summed E-state index contributed by atoms with van der Waals surface area (Å²) in [5.74, 6) is -0.170. The average Bonchev–Trinajstić information content (AvgIpc) is 2.23. The van der Waals surface area contributed by atoms with E-state index in [4.69, 9.17) is 5.73 Å². The first-order valence-corrected chi connectivity index (χ1v) is 6.46. The molecule has 1 aromatic rings. The van der Waals surface area contributed by atoms with E-state index in [0.717, 1.165) is 11.0 Å². The molecule has 0 heterocycles. The van der Waals surface area contributed by atoms with Gasteiger partial charge in [0.2, 0.25) is 0 Å². The molecule has 0 unspecified atom stereocenters. The molecular weight excluding hydrogens is 319 g/mol. The fourth-order valence-corrected chi connectivity index (χ4v) is 2.27. The molecule has 2 nitrogen and oxygen atoms in total. The van der Waals surface area contributed by atoms with Gasteiger partial charge in [0.1, 0.15) is 5.82 Å². The zero-order chi connectivity index (χ0) is 13.1. The minimum Gasteiger partial charge on any atom is -0.330 e. The van der Waals surface area contributed by atoms with Crippen molar-refractivity contribution in [3.63, 3.8) is 0 Å². The summed E-state index contributed by atoms with van der Waals surface area (Å²) in [6, 6.07) is 5.05. The van der Waals surface area contributed by atoms with Crippen molar-refractivity contribution in [1.29, 1.82) is 0 Å². The number of benzene rings is 1. The van der Waals surface area contributed by atoms with E-state index in [1.165, 1.54) is 6.07 Å². The molecule has 0 atom stereocenters. The van der Waals surface area contributed by atoms with Gasteiger partial charge in [-0.05, 0) is 31.1 Å². The van der Waals surface area contributed by atoms with Crippen molar-refractivity contribution in [3.05, 3.63) is 34.1 Å². The molecule has 0 saturated carbocycles. The summed E-state index contributed by atoms with van der Waals surface area (Å²) in [5, 5.41) is 0. The second kappa shape index (κ2) is 7.43. The van der Waals surface area contributed by atoms with Gasteiger partial charge >= 0.3 is 0 Å². The highest BCUT2D eigenvalue weighted by molar-refractivity contribution is 9.10. The SMILES string of the molecule is CN(Cc1c(F)cccc1Br)CC(C)(C)CN.Cl. The van der Waals surface area contributed by atoms with Gasteiger partial charge in [-0.1, -0.05) is 35.8 Å². The summed E-state index contributed by atoms with van der Waals surface area (Å²) in [5.41, 5.74) is 6.44. The maximum absolute atomic E-state index is 13.6. The lowest BCUT2D eigenvalue weighted by molar-refractivity contribution is 0.207. The van der Waals surface area contributed by atoms with Gasteiger partial charge in [0, 0.05) is 23.1 Å². The molecule has 0 aliphatic rings. The predicted octanol–water partition coefficient (Wildman–Crippen LogP) is 3.43. The monoisotopic (exact) mass is 338 g/mol. The van der Waals surface area contributed by atoms with Crippen LogP contribution in [-0.4, -0.2) is 25.0 Å². The first kappa shape index (κ1) is 17.8. The maximum Gasteiger partial charge on any atom is 0.128 e. The van der Waals surface area contributed by atoms with Crippen LogP contribution in [0.15, 0.2) is 22.7 Å². The number of nitrogens with two attached hydrogens (primary N) is 1. The van der Waals surface area contributed by atoms with Crippen molar-refractivity contribution in [2.24, 2.45) is 11.1 Å². The summed E-state index contributed by atoms with van der Waals surface area (Å²) in [6.07, 6.45) is 0. The van der Waals surface area contributed by atoms with E-state index in [-0.39, 0.29) is 23.6 Å². The normalized spacial score (nSPS) is 11.5. The number of halogens is 3. The molecule has 18 heavy (non-hydrogen) atoms. The zero-order valence-corrected chi connectivity index (χ0v) is 13.4. The van der Waals surface area contributed by atoms with Crippen LogP contribution in [0.2, 0.25) is 0 Å². The van der Waals surface area contributed by atoms with Gasteiger partial charge in [-0.15, -0.1) is 12.4 Å². The molecule has 0 spiro atoms. The van der Waals surface area contributed by atoms with E-state index in [1.807, 2.05) is 13.1 Å². The van der Waals surface area contributed by atoms with Crippen LogP contribution in [0.4, 0.5) is 4.39 Å². The fourth-order valence-electron chi connectivity index (χ4n) is 1.80. The van der Waals surface area contributed by atoms with Gasteiger partial charge in [-0.3, -0.25) is 0 Å². The third-order valence-electron chi connectivity index (χ3n) is 2.74. The second-order valence-corrected chi connectivity index (χ2v) is 6.10. The number of hydrogen-bond donors (Lipinski definition) is 1. The van der Waals surface area contributed by atoms with E-state index in [1.54, 1.807) is 6.07 Å². The van der Waals surface area contributed by atoms with E-state index in [2.05, 4.69) is 34.7 Å². The molecule has 0 aromatic heterocycles. The lowest BCUT2D eigenvalue weighted by atomic mass is 9.93. The third-order valence-corrected chi connectivity index (χ3v) is 3.48. The molecule has 0 bridgehead atoms. The van der Waals surface area contributed by atoms with E-state index >= 15 is 0 Å². The molecule has 0 radical (unpaired) electrons. The summed E-state index contributed by atoms with van der Waals surface area (Å²) < 4.78 is 14.5. The topological polar surface area (TPSA) is 29.3 Å². The summed E-state index contributed by atoms with van der Waals surface area (Å²) >= 11 is 3.38. The largest absolute Gasteiger partial charge is 0.330 e. The fraction of sp³-hybridized carbons (Fsp3) is 0.538. The molecular formula is C13H21BrClFN2. The van der Waals surface area contributed by atoms with Crippen molar-refractivity contribution in [3.8, 4) is 0 Å². The smallest absolute Gasteiger partial charge is 0.128 e. The molecule has 2 N–H and O–H groups in total. The molecule has 0 aliphatic carbocycles. The molecule has 0 fully saturated rings. The van der Waals surface area contributed by atoms with Gasteiger partial charge < -0.3 is 10.6 Å². The number of rotatable bonds is 5. The Balaban J connectivity index is 0.00000289. The second-order valence-electron chi connectivity index (χ2n) is 5.24. The van der Waals surface area contributed by atoms with Crippen LogP contribution in [-0.2, 0) is 6.54 Å². The van der Waals surface area contributed by atoms with Crippen molar-refractivity contribution < 1.29 is 4.39 Å². The zero-order valence-electron chi connectivity index (χ0n) is 11.0. The minimum atomic E-state index is -0.170. The standard InChI is InChI=1S/C13H20BrFN2.ClH/c1-13(2,8-16)9-17(3)7-10-11(14)5-4-6-12(10)15;/h4-6H,7-9,16H2,1-3H3;1H. The van der Waals surface area contributed by atoms with Crippen molar-refractivity contribution >= 4 is 28.3 Å². The Labute approximate surface area is 123 Å². The quantitative estimate of drug-likeness (QED) is 0.890. The van der Waals surface area contributed by atoms with Crippen molar-refractivity contribution in [2.75, 3.05) is 20.1 Å². The Morgan fingerprint density at radius 3 is 2.50 bits per heavy atom. The molecule has 0 amide bonds. The van der Waals surface area contributed by atoms with Crippen molar-refractivity contribution in [1.82, 2.24) is 4.90 Å².